The normalized spacial score (nSPS) is 26.4. The van der Waals surface area contributed by atoms with Crippen molar-refractivity contribution in [3.63, 3.8) is 0 Å². The molecule has 0 N–H and O–H groups in total. The van der Waals surface area contributed by atoms with Crippen molar-refractivity contribution < 1.29 is 4.43 Å². The molecule has 20 heavy (non-hydrogen) atoms. The highest BCUT2D eigenvalue weighted by Gasteiger charge is 2.43. The van der Waals surface area contributed by atoms with E-state index < -0.39 is 13.9 Å². The molecule has 0 aliphatic heterocycles. The molecule has 2 unspecified atom stereocenters. The van der Waals surface area contributed by atoms with E-state index >= 15 is 0 Å². The van der Waals surface area contributed by atoms with Crippen LogP contribution >= 0.6 is 11.8 Å². The predicted octanol–water partition coefficient (Wildman–Crippen LogP) is 4.75. The lowest BCUT2D eigenvalue weighted by Crippen LogP contribution is -2.40. The van der Waals surface area contributed by atoms with Crippen molar-refractivity contribution in [2.24, 2.45) is 0 Å². The number of hydrogen-bond donors (Lipinski definition) is 0. The molecule has 0 heterocycles. The van der Waals surface area contributed by atoms with Crippen molar-refractivity contribution in [3.05, 3.63) is 29.8 Å². The van der Waals surface area contributed by atoms with Gasteiger partial charge in [0.25, 0.3) is 0 Å². The van der Waals surface area contributed by atoms with E-state index in [0.29, 0.717) is 5.25 Å². The summed E-state index contributed by atoms with van der Waals surface area (Å²) < 4.78 is 6.19. The summed E-state index contributed by atoms with van der Waals surface area (Å²) >= 11 is 1.89. The standard InChI is InChI=1S/C16H23NOSSi/c1-13-5-7-14(8-6-13)19-15-9-10-16(11-15,12-17)18-20(2,3)4/h5-8,15H,9-11H2,1-4H3. The summed E-state index contributed by atoms with van der Waals surface area (Å²) in [4.78, 5) is 1.29. The number of nitriles is 1. The van der Waals surface area contributed by atoms with E-state index in [1.54, 1.807) is 0 Å². The Morgan fingerprint density at radius 3 is 2.50 bits per heavy atom. The first-order chi connectivity index (χ1) is 9.32. The first-order valence-corrected chi connectivity index (χ1v) is 11.5. The van der Waals surface area contributed by atoms with Gasteiger partial charge < -0.3 is 4.43 Å². The number of aryl methyl sites for hydroxylation is 1. The maximum absolute atomic E-state index is 9.54. The van der Waals surface area contributed by atoms with Crippen molar-refractivity contribution >= 4 is 20.1 Å². The lowest BCUT2D eigenvalue weighted by molar-refractivity contribution is 0.128. The van der Waals surface area contributed by atoms with Gasteiger partial charge in [-0.1, -0.05) is 17.7 Å². The van der Waals surface area contributed by atoms with E-state index in [0.717, 1.165) is 19.3 Å². The highest BCUT2D eigenvalue weighted by Crippen LogP contribution is 2.43. The molecule has 1 saturated carbocycles. The minimum Gasteiger partial charge on any atom is -0.400 e. The van der Waals surface area contributed by atoms with E-state index in [2.05, 4.69) is 56.9 Å². The fourth-order valence-electron chi connectivity index (χ4n) is 2.68. The van der Waals surface area contributed by atoms with Gasteiger partial charge in [0.2, 0.25) is 0 Å². The Labute approximate surface area is 127 Å². The van der Waals surface area contributed by atoms with Crippen LogP contribution in [-0.2, 0) is 4.43 Å². The third-order valence-corrected chi connectivity index (χ3v) is 5.74. The Balaban J connectivity index is 2.00. The zero-order valence-electron chi connectivity index (χ0n) is 12.8. The zero-order chi connectivity index (χ0) is 14.8. The lowest BCUT2D eigenvalue weighted by atomic mass is 10.1. The largest absolute Gasteiger partial charge is 0.400 e. The molecule has 4 heteroatoms. The lowest BCUT2D eigenvalue weighted by Gasteiger charge is -2.30. The monoisotopic (exact) mass is 305 g/mol. The quantitative estimate of drug-likeness (QED) is 0.752. The van der Waals surface area contributed by atoms with Gasteiger partial charge in [0.15, 0.2) is 8.32 Å². The van der Waals surface area contributed by atoms with E-state index in [1.807, 2.05) is 11.8 Å². The van der Waals surface area contributed by atoms with Gasteiger partial charge in [-0.3, -0.25) is 0 Å². The summed E-state index contributed by atoms with van der Waals surface area (Å²) in [5.74, 6) is 0. The van der Waals surface area contributed by atoms with Gasteiger partial charge in [-0.05, 0) is 51.5 Å². The summed E-state index contributed by atoms with van der Waals surface area (Å²) in [5.41, 5.74) is 0.751. The third kappa shape index (κ3) is 4.11. The van der Waals surface area contributed by atoms with Gasteiger partial charge >= 0.3 is 0 Å². The SMILES string of the molecule is Cc1ccc(SC2CCC(C#N)(O[Si](C)(C)C)C2)cc1. The first kappa shape index (κ1) is 15.6. The molecule has 1 aromatic rings. The van der Waals surface area contributed by atoms with E-state index in [9.17, 15) is 5.26 Å². The van der Waals surface area contributed by atoms with Gasteiger partial charge in [-0.2, -0.15) is 5.26 Å². The Morgan fingerprint density at radius 2 is 1.95 bits per heavy atom. The fourth-order valence-corrected chi connectivity index (χ4v) is 5.35. The topological polar surface area (TPSA) is 33.0 Å². The summed E-state index contributed by atoms with van der Waals surface area (Å²) in [6.07, 6.45) is 2.79. The molecule has 0 radical (unpaired) electrons. The van der Waals surface area contributed by atoms with Gasteiger partial charge in [0, 0.05) is 16.6 Å². The second kappa shape index (κ2) is 5.93. The molecule has 2 rings (SSSR count). The van der Waals surface area contributed by atoms with Crippen LogP contribution in [-0.4, -0.2) is 19.2 Å². The Bertz CT molecular complexity index is 503. The van der Waals surface area contributed by atoms with Gasteiger partial charge in [0.1, 0.15) is 5.60 Å². The van der Waals surface area contributed by atoms with Crippen LogP contribution in [0, 0.1) is 18.3 Å². The first-order valence-electron chi connectivity index (χ1n) is 7.17. The second-order valence-electron chi connectivity index (χ2n) is 6.62. The highest BCUT2D eigenvalue weighted by atomic mass is 32.2. The summed E-state index contributed by atoms with van der Waals surface area (Å²) in [5, 5.41) is 10.0. The average Bonchev–Trinajstić information content (AvgIpc) is 2.74. The van der Waals surface area contributed by atoms with E-state index in [-0.39, 0.29) is 0 Å². The number of benzene rings is 1. The minimum atomic E-state index is -1.68. The number of nitrogens with zero attached hydrogens (tertiary/aromatic N) is 1. The number of thioether (sulfide) groups is 1. The molecule has 0 aromatic heterocycles. The maximum Gasteiger partial charge on any atom is 0.185 e. The van der Waals surface area contributed by atoms with Crippen molar-refractivity contribution in [3.8, 4) is 6.07 Å². The summed E-state index contributed by atoms with van der Waals surface area (Å²) in [6, 6.07) is 11.1. The van der Waals surface area contributed by atoms with Crippen LogP contribution < -0.4 is 0 Å². The molecule has 108 valence electrons. The van der Waals surface area contributed by atoms with Crippen molar-refractivity contribution in [2.45, 2.75) is 61.6 Å². The smallest absolute Gasteiger partial charge is 0.185 e. The molecule has 0 bridgehead atoms. The fraction of sp³-hybridized carbons (Fsp3) is 0.562. The average molecular weight is 306 g/mol. The second-order valence-corrected chi connectivity index (χ2v) is 12.4. The van der Waals surface area contributed by atoms with Crippen LogP contribution in [0.15, 0.2) is 29.2 Å². The van der Waals surface area contributed by atoms with Crippen LogP contribution in [0.2, 0.25) is 19.6 Å². The number of rotatable bonds is 4. The summed E-state index contributed by atoms with van der Waals surface area (Å²) in [6.45, 7) is 8.58. The molecular formula is C16H23NOSSi. The molecule has 1 fully saturated rings. The molecule has 2 nitrogen and oxygen atoms in total. The van der Waals surface area contributed by atoms with Crippen LogP contribution in [0.5, 0.6) is 0 Å². The molecule has 2 atom stereocenters. The molecule has 0 amide bonds. The van der Waals surface area contributed by atoms with E-state index in [1.165, 1.54) is 10.5 Å². The third-order valence-electron chi connectivity index (χ3n) is 3.46. The zero-order valence-corrected chi connectivity index (χ0v) is 14.6. The Morgan fingerprint density at radius 1 is 1.30 bits per heavy atom. The molecule has 1 aromatic carbocycles. The Hall–Kier alpha value is -0.763. The van der Waals surface area contributed by atoms with Crippen molar-refractivity contribution in [2.75, 3.05) is 0 Å². The molecule has 1 aliphatic carbocycles. The van der Waals surface area contributed by atoms with Crippen LogP contribution in [0.4, 0.5) is 0 Å². The minimum absolute atomic E-state index is 0.494. The van der Waals surface area contributed by atoms with Gasteiger partial charge in [-0.15, -0.1) is 11.8 Å². The Kier molecular flexibility index (Phi) is 4.63. The highest BCUT2D eigenvalue weighted by molar-refractivity contribution is 8.00. The van der Waals surface area contributed by atoms with Crippen molar-refractivity contribution in [1.82, 2.24) is 0 Å². The van der Waals surface area contributed by atoms with E-state index in [4.69, 9.17) is 4.43 Å². The van der Waals surface area contributed by atoms with Gasteiger partial charge in [0.05, 0.1) is 6.07 Å². The summed E-state index contributed by atoms with van der Waals surface area (Å²) in [7, 11) is -1.68. The van der Waals surface area contributed by atoms with Crippen LogP contribution in [0.3, 0.4) is 0 Å². The molecule has 0 spiro atoms. The number of hydrogen-bond acceptors (Lipinski definition) is 3. The van der Waals surface area contributed by atoms with Crippen LogP contribution in [0.25, 0.3) is 0 Å². The van der Waals surface area contributed by atoms with Gasteiger partial charge in [-0.25, -0.2) is 0 Å². The van der Waals surface area contributed by atoms with Crippen molar-refractivity contribution in [1.29, 1.82) is 5.26 Å². The molecule has 1 aliphatic rings. The van der Waals surface area contributed by atoms with Crippen LogP contribution in [0.1, 0.15) is 24.8 Å². The molecular weight excluding hydrogens is 282 g/mol. The predicted molar refractivity (Wildman–Crippen MR) is 87.5 cm³/mol. The maximum atomic E-state index is 9.54. The molecule has 0 saturated heterocycles.